The van der Waals surface area contributed by atoms with Gasteiger partial charge in [0, 0.05) is 49.7 Å². The monoisotopic (exact) mass is 326 g/mol. The minimum absolute atomic E-state index is 0.0391. The van der Waals surface area contributed by atoms with Crippen molar-refractivity contribution >= 4 is 23.2 Å². The third-order valence-electron chi connectivity index (χ3n) is 4.14. The lowest BCUT2D eigenvalue weighted by atomic mass is 10.00. The van der Waals surface area contributed by atoms with Crippen LogP contribution in [0.15, 0.2) is 36.7 Å². The lowest BCUT2D eigenvalue weighted by molar-refractivity contribution is -0.119. The average molecular weight is 326 g/mol. The van der Waals surface area contributed by atoms with Gasteiger partial charge in [-0.2, -0.15) is 5.10 Å². The minimum atomic E-state index is -0.0391. The maximum Gasteiger partial charge on any atom is 0.227 e. The Balaban J connectivity index is 1.65. The molecule has 1 aliphatic rings. The van der Waals surface area contributed by atoms with Crippen molar-refractivity contribution in [3.05, 3.63) is 42.2 Å². The molecule has 126 valence electrons. The van der Waals surface area contributed by atoms with E-state index in [-0.39, 0.29) is 11.8 Å². The van der Waals surface area contributed by atoms with Crippen LogP contribution in [0.3, 0.4) is 0 Å². The van der Waals surface area contributed by atoms with Gasteiger partial charge in [0.25, 0.3) is 0 Å². The van der Waals surface area contributed by atoms with E-state index in [9.17, 15) is 9.59 Å². The molecule has 0 fully saturated rings. The zero-order valence-corrected chi connectivity index (χ0v) is 13.9. The number of hydrogen-bond donors (Lipinski definition) is 1. The van der Waals surface area contributed by atoms with E-state index in [0.717, 1.165) is 36.3 Å². The number of fused-ring (bicyclic) bond motifs is 1. The maximum atomic E-state index is 12.1. The molecule has 0 radical (unpaired) electrons. The maximum absolute atomic E-state index is 12.1. The first kappa shape index (κ1) is 16.2. The zero-order chi connectivity index (χ0) is 16.9. The highest BCUT2D eigenvalue weighted by Gasteiger charge is 2.23. The fourth-order valence-corrected chi connectivity index (χ4v) is 2.98. The molecule has 0 saturated carbocycles. The molecule has 2 heterocycles. The topological polar surface area (TPSA) is 67.2 Å². The van der Waals surface area contributed by atoms with E-state index < -0.39 is 0 Å². The van der Waals surface area contributed by atoms with Gasteiger partial charge in [-0.3, -0.25) is 14.3 Å². The van der Waals surface area contributed by atoms with Crippen LogP contribution in [0.4, 0.5) is 11.4 Å². The van der Waals surface area contributed by atoms with E-state index in [1.807, 2.05) is 35.4 Å². The minimum Gasteiger partial charge on any atom is -0.326 e. The summed E-state index contributed by atoms with van der Waals surface area (Å²) in [5.74, 6) is 0.142. The highest BCUT2D eigenvalue weighted by Crippen LogP contribution is 2.30. The number of rotatable bonds is 6. The standard InChI is InChI=1S/C18H22N4O2/c1-2-10-22-16-6-5-15(13-14(16)4-7-18(22)24)20-17(23)8-12-21-11-3-9-19-21/h3,5-6,9,11,13H,2,4,7-8,10,12H2,1H3,(H,20,23). The van der Waals surface area contributed by atoms with Crippen molar-refractivity contribution in [3.63, 3.8) is 0 Å². The van der Waals surface area contributed by atoms with E-state index in [1.165, 1.54) is 0 Å². The highest BCUT2D eigenvalue weighted by molar-refractivity contribution is 5.97. The van der Waals surface area contributed by atoms with Gasteiger partial charge >= 0.3 is 0 Å². The predicted molar refractivity (Wildman–Crippen MR) is 92.9 cm³/mol. The Bertz CT molecular complexity index is 725. The van der Waals surface area contributed by atoms with Crippen LogP contribution in [0.1, 0.15) is 31.7 Å². The number of carbonyl (C=O) groups is 2. The molecule has 0 bridgehead atoms. The van der Waals surface area contributed by atoms with Crippen LogP contribution in [0.5, 0.6) is 0 Å². The number of aryl methyl sites for hydroxylation is 2. The van der Waals surface area contributed by atoms with Crippen LogP contribution in [0.25, 0.3) is 0 Å². The summed E-state index contributed by atoms with van der Waals surface area (Å²) in [6, 6.07) is 7.62. The van der Waals surface area contributed by atoms with Gasteiger partial charge in [-0.25, -0.2) is 0 Å². The van der Waals surface area contributed by atoms with E-state index in [2.05, 4.69) is 17.3 Å². The fraction of sp³-hybridized carbons (Fsp3) is 0.389. The molecule has 2 amide bonds. The summed E-state index contributed by atoms with van der Waals surface area (Å²) in [7, 11) is 0. The quantitative estimate of drug-likeness (QED) is 0.887. The molecular weight excluding hydrogens is 304 g/mol. The summed E-state index contributed by atoms with van der Waals surface area (Å²) in [5.41, 5.74) is 2.88. The van der Waals surface area contributed by atoms with Crippen molar-refractivity contribution in [2.75, 3.05) is 16.8 Å². The second kappa shape index (κ2) is 7.29. The summed E-state index contributed by atoms with van der Waals surface area (Å²) in [6.07, 6.45) is 6.10. The van der Waals surface area contributed by atoms with Crippen LogP contribution < -0.4 is 10.2 Å². The first-order valence-electron chi connectivity index (χ1n) is 8.38. The number of aromatic nitrogens is 2. The van der Waals surface area contributed by atoms with Crippen LogP contribution in [-0.4, -0.2) is 28.1 Å². The second-order valence-corrected chi connectivity index (χ2v) is 5.96. The summed E-state index contributed by atoms with van der Waals surface area (Å²) < 4.78 is 1.74. The van der Waals surface area contributed by atoms with Crippen LogP contribution in [0, 0.1) is 0 Å². The lowest BCUT2D eigenvalue weighted by Gasteiger charge is -2.29. The largest absolute Gasteiger partial charge is 0.326 e. The predicted octanol–water partition coefficient (Wildman–Crippen LogP) is 2.60. The highest BCUT2D eigenvalue weighted by atomic mass is 16.2. The Labute approximate surface area is 141 Å². The molecule has 1 N–H and O–H groups in total. The van der Waals surface area contributed by atoms with Crippen molar-refractivity contribution in [2.45, 2.75) is 39.2 Å². The summed E-state index contributed by atoms with van der Waals surface area (Å²) >= 11 is 0. The van der Waals surface area contributed by atoms with Crippen molar-refractivity contribution in [2.24, 2.45) is 0 Å². The Morgan fingerprint density at radius 2 is 2.17 bits per heavy atom. The van der Waals surface area contributed by atoms with E-state index in [4.69, 9.17) is 0 Å². The molecule has 0 atom stereocenters. The average Bonchev–Trinajstić information content (AvgIpc) is 3.09. The summed E-state index contributed by atoms with van der Waals surface area (Å²) in [6.45, 7) is 3.36. The second-order valence-electron chi connectivity index (χ2n) is 5.96. The summed E-state index contributed by atoms with van der Waals surface area (Å²) in [5, 5.41) is 7.01. The molecule has 1 aromatic heterocycles. The number of amides is 2. The van der Waals surface area contributed by atoms with E-state index in [1.54, 1.807) is 10.9 Å². The number of hydrogen-bond acceptors (Lipinski definition) is 3. The zero-order valence-electron chi connectivity index (χ0n) is 13.9. The molecular formula is C18H22N4O2. The number of nitrogens with one attached hydrogen (secondary N) is 1. The number of benzene rings is 1. The van der Waals surface area contributed by atoms with Crippen LogP contribution in [-0.2, 0) is 22.6 Å². The molecule has 0 saturated heterocycles. The molecule has 0 unspecified atom stereocenters. The SMILES string of the molecule is CCCN1C(=O)CCc2cc(NC(=O)CCn3cccn3)ccc21. The molecule has 1 aromatic carbocycles. The Kier molecular flexibility index (Phi) is 4.93. The van der Waals surface area contributed by atoms with Gasteiger partial charge < -0.3 is 10.2 Å². The molecule has 1 aliphatic heterocycles. The number of anilines is 2. The van der Waals surface area contributed by atoms with Crippen molar-refractivity contribution < 1.29 is 9.59 Å². The van der Waals surface area contributed by atoms with Gasteiger partial charge in [0.2, 0.25) is 11.8 Å². The smallest absolute Gasteiger partial charge is 0.227 e. The molecule has 0 spiro atoms. The van der Waals surface area contributed by atoms with E-state index in [0.29, 0.717) is 19.4 Å². The number of nitrogens with zero attached hydrogens (tertiary/aromatic N) is 3. The molecule has 6 nitrogen and oxygen atoms in total. The van der Waals surface area contributed by atoms with Crippen molar-refractivity contribution in [1.82, 2.24) is 9.78 Å². The van der Waals surface area contributed by atoms with E-state index >= 15 is 0 Å². The fourth-order valence-electron chi connectivity index (χ4n) is 2.98. The van der Waals surface area contributed by atoms with Gasteiger partial charge in [0.05, 0.1) is 0 Å². The lowest BCUT2D eigenvalue weighted by Crippen LogP contribution is -2.35. The van der Waals surface area contributed by atoms with Crippen LogP contribution >= 0.6 is 0 Å². The van der Waals surface area contributed by atoms with Gasteiger partial charge in [0.1, 0.15) is 0 Å². The number of carbonyl (C=O) groups excluding carboxylic acids is 2. The molecule has 6 heteroatoms. The normalized spacial score (nSPS) is 13.7. The Hall–Kier alpha value is -2.63. The molecule has 2 aromatic rings. The van der Waals surface area contributed by atoms with Crippen LogP contribution in [0.2, 0.25) is 0 Å². The first-order valence-corrected chi connectivity index (χ1v) is 8.38. The Morgan fingerprint density at radius 1 is 1.29 bits per heavy atom. The Morgan fingerprint density at radius 3 is 2.92 bits per heavy atom. The first-order chi connectivity index (χ1) is 11.7. The van der Waals surface area contributed by atoms with Crippen molar-refractivity contribution in [3.8, 4) is 0 Å². The third kappa shape index (κ3) is 3.64. The van der Waals surface area contributed by atoms with Gasteiger partial charge in [-0.1, -0.05) is 6.92 Å². The summed E-state index contributed by atoms with van der Waals surface area (Å²) in [4.78, 5) is 26.0. The van der Waals surface area contributed by atoms with Crippen molar-refractivity contribution in [1.29, 1.82) is 0 Å². The van der Waals surface area contributed by atoms with Gasteiger partial charge in [-0.05, 0) is 42.7 Å². The third-order valence-corrected chi connectivity index (χ3v) is 4.14. The molecule has 3 rings (SSSR count). The molecule has 24 heavy (non-hydrogen) atoms. The molecule has 0 aliphatic carbocycles. The van der Waals surface area contributed by atoms with Gasteiger partial charge in [0.15, 0.2) is 0 Å². The van der Waals surface area contributed by atoms with Gasteiger partial charge in [-0.15, -0.1) is 0 Å².